The normalized spacial score (nSPS) is 17.4. The number of rotatable bonds is 4. The molecule has 112 valence electrons. The maximum atomic E-state index is 2.40. The van der Waals surface area contributed by atoms with Crippen LogP contribution in [0.25, 0.3) is 0 Å². The van der Waals surface area contributed by atoms with E-state index in [1.165, 1.54) is 16.9 Å². The summed E-state index contributed by atoms with van der Waals surface area (Å²) in [5, 5.41) is 0. The minimum atomic E-state index is 0.437. The lowest BCUT2D eigenvalue weighted by Crippen LogP contribution is -2.30. The van der Waals surface area contributed by atoms with Gasteiger partial charge in [-0.1, -0.05) is 60.7 Å². The van der Waals surface area contributed by atoms with Crippen molar-refractivity contribution in [1.82, 2.24) is 0 Å². The molecular formula is C21H23N. The molecule has 1 atom stereocenters. The first-order valence-electron chi connectivity index (χ1n) is 8.03. The molecule has 0 heterocycles. The van der Waals surface area contributed by atoms with Crippen molar-refractivity contribution in [2.75, 3.05) is 4.90 Å². The number of hydrogen-bond acceptors (Lipinski definition) is 1. The summed E-state index contributed by atoms with van der Waals surface area (Å²) in [6.07, 6.45) is 8.04. The predicted octanol–water partition coefficient (Wildman–Crippen LogP) is 5.53. The SMILES string of the molecule is CC(C)N(C1=CCC(c2ccccc2)C=C1)c1ccccc1. The van der Waals surface area contributed by atoms with E-state index in [1.54, 1.807) is 0 Å². The van der Waals surface area contributed by atoms with E-state index in [4.69, 9.17) is 0 Å². The molecule has 0 saturated carbocycles. The average Bonchev–Trinajstić information content (AvgIpc) is 2.57. The molecular weight excluding hydrogens is 266 g/mol. The Morgan fingerprint density at radius 2 is 1.55 bits per heavy atom. The Balaban J connectivity index is 1.81. The Hall–Kier alpha value is -2.28. The lowest BCUT2D eigenvalue weighted by Gasteiger charge is -2.32. The van der Waals surface area contributed by atoms with Crippen LogP contribution in [0.4, 0.5) is 5.69 Å². The number of anilines is 1. The molecule has 1 nitrogen and oxygen atoms in total. The highest BCUT2D eigenvalue weighted by Gasteiger charge is 2.17. The monoisotopic (exact) mass is 289 g/mol. The van der Waals surface area contributed by atoms with Gasteiger partial charge >= 0.3 is 0 Å². The number of hydrogen-bond donors (Lipinski definition) is 0. The third-order valence-corrected chi connectivity index (χ3v) is 4.14. The highest BCUT2D eigenvalue weighted by atomic mass is 15.2. The van der Waals surface area contributed by atoms with Gasteiger partial charge in [-0.25, -0.2) is 0 Å². The van der Waals surface area contributed by atoms with Gasteiger partial charge in [-0.15, -0.1) is 0 Å². The first-order valence-corrected chi connectivity index (χ1v) is 8.03. The van der Waals surface area contributed by atoms with E-state index in [-0.39, 0.29) is 0 Å². The lowest BCUT2D eigenvalue weighted by atomic mass is 9.91. The van der Waals surface area contributed by atoms with Gasteiger partial charge in [-0.2, -0.15) is 0 Å². The second-order valence-electron chi connectivity index (χ2n) is 6.04. The zero-order valence-corrected chi connectivity index (χ0v) is 13.3. The standard InChI is InChI=1S/C21H23N/c1-17(2)22(20-11-7-4-8-12-20)21-15-13-19(14-16-21)18-9-5-3-6-10-18/h3-13,15-17,19H,14H2,1-2H3. The average molecular weight is 289 g/mol. The molecule has 1 aliphatic rings. The molecule has 0 aliphatic heterocycles. The van der Waals surface area contributed by atoms with Crippen molar-refractivity contribution in [1.29, 1.82) is 0 Å². The number of allylic oxidation sites excluding steroid dienone is 3. The number of nitrogens with zero attached hydrogens (tertiary/aromatic N) is 1. The van der Waals surface area contributed by atoms with Crippen LogP contribution in [0.15, 0.2) is 84.6 Å². The maximum Gasteiger partial charge on any atom is 0.0413 e. The minimum absolute atomic E-state index is 0.437. The van der Waals surface area contributed by atoms with Gasteiger partial charge in [0.15, 0.2) is 0 Å². The van der Waals surface area contributed by atoms with Gasteiger partial charge in [0.1, 0.15) is 0 Å². The molecule has 0 amide bonds. The molecule has 22 heavy (non-hydrogen) atoms. The van der Waals surface area contributed by atoms with Crippen LogP contribution in [0.5, 0.6) is 0 Å². The summed E-state index contributed by atoms with van der Waals surface area (Å²) < 4.78 is 0. The van der Waals surface area contributed by atoms with Crippen LogP contribution in [0.3, 0.4) is 0 Å². The molecule has 2 aromatic carbocycles. The van der Waals surface area contributed by atoms with Crippen LogP contribution in [-0.2, 0) is 0 Å². The van der Waals surface area contributed by atoms with Crippen molar-refractivity contribution in [3.63, 3.8) is 0 Å². The van der Waals surface area contributed by atoms with Gasteiger partial charge in [0, 0.05) is 23.3 Å². The van der Waals surface area contributed by atoms with E-state index < -0.39 is 0 Å². The Bertz CT molecular complexity index is 653. The van der Waals surface area contributed by atoms with Crippen LogP contribution in [-0.4, -0.2) is 6.04 Å². The molecule has 2 aromatic rings. The van der Waals surface area contributed by atoms with E-state index in [0.717, 1.165) is 6.42 Å². The Morgan fingerprint density at radius 3 is 2.09 bits per heavy atom. The van der Waals surface area contributed by atoms with E-state index in [1.807, 2.05) is 0 Å². The molecule has 0 radical (unpaired) electrons. The third-order valence-electron chi connectivity index (χ3n) is 4.14. The van der Waals surface area contributed by atoms with Crippen molar-refractivity contribution >= 4 is 5.69 Å². The van der Waals surface area contributed by atoms with Gasteiger partial charge in [0.25, 0.3) is 0 Å². The molecule has 1 heteroatoms. The van der Waals surface area contributed by atoms with Crippen LogP contribution in [0, 0.1) is 0 Å². The Kier molecular flexibility index (Phi) is 4.43. The van der Waals surface area contributed by atoms with Crippen LogP contribution in [0.2, 0.25) is 0 Å². The smallest absolute Gasteiger partial charge is 0.0413 e. The zero-order chi connectivity index (χ0) is 15.4. The van der Waals surface area contributed by atoms with E-state index >= 15 is 0 Å². The topological polar surface area (TPSA) is 3.24 Å². The summed E-state index contributed by atoms with van der Waals surface area (Å²) in [6, 6.07) is 21.8. The van der Waals surface area contributed by atoms with Crippen molar-refractivity contribution < 1.29 is 0 Å². The molecule has 0 aromatic heterocycles. The van der Waals surface area contributed by atoms with Gasteiger partial charge < -0.3 is 4.90 Å². The number of benzene rings is 2. The summed E-state index contributed by atoms with van der Waals surface area (Å²) in [6.45, 7) is 4.48. The zero-order valence-electron chi connectivity index (χ0n) is 13.3. The second kappa shape index (κ2) is 6.65. The molecule has 3 rings (SSSR count). The van der Waals surface area contributed by atoms with Gasteiger partial charge in [0.2, 0.25) is 0 Å². The molecule has 0 fully saturated rings. The molecule has 0 bridgehead atoms. The first kappa shape index (κ1) is 14.6. The quantitative estimate of drug-likeness (QED) is 0.715. The van der Waals surface area contributed by atoms with Crippen LogP contribution in [0.1, 0.15) is 31.7 Å². The fourth-order valence-corrected chi connectivity index (χ4v) is 3.07. The van der Waals surface area contributed by atoms with Crippen molar-refractivity contribution in [3.8, 4) is 0 Å². The van der Waals surface area contributed by atoms with Gasteiger partial charge in [-0.05, 0) is 44.0 Å². The van der Waals surface area contributed by atoms with Crippen molar-refractivity contribution in [3.05, 3.63) is 90.2 Å². The first-order chi connectivity index (χ1) is 10.8. The summed E-state index contributed by atoms with van der Waals surface area (Å²) in [5.74, 6) is 0.495. The highest BCUT2D eigenvalue weighted by Crippen LogP contribution is 2.30. The van der Waals surface area contributed by atoms with Crippen molar-refractivity contribution in [2.45, 2.75) is 32.2 Å². The van der Waals surface area contributed by atoms with E-state index in [0.29, 0.717) is 12.0 Å². The fraction of sp³-hybridized carbons (Fsp3) is 0.238. The Morgan fingerprint density at radius 1 is 0.909 bits per heavy atom. The largest absolute Gasteiger partial charge is 0.339 e. The lowest BCUT2D eigenvalue weighted by molar-refractivity contribution is 0.745. The fourth-order valence-electron chi connectivity index (χ4n) is 3.07. The molecule has 0 N–H and O–H groups in total. The summed E-state index contributed by atoms with van der Waals surface area (Å²) >= 11 is 0. The van der Waals surface area contributed by atoms with Crippen LogP contribution < -0.4 is 4.90 Å². The highest BCUT2D eigenvalue weighted by molar-refractivity contribution is 5.56. The van der Waals surface area contributed by atoms with E-state index in [9.17, 15) is 0 Å². The van der Waals surface area contributed by atoms with Crippen LogP contribution >= 0.6 is 0 Å². The minimum Gasteiger partial charge on any atom is -0.339 e. The molecule has 0 saturated heterocycles. The third kappa shape index (κ3) is 3.14. The van der Waals surface area contributed by atoms with Gasteiger partial charge in [0.05, 0.1) is 0 Å². The molecule has 1 aliphatic carbocycles. The number of para-hydroxylation sites is 1. The molecule has 1 unspecified atom stereocenters. The second-order valence-corrected chi connectivity index (χ2v) is 6.04. The van der Waals surface area contributed by atoms with E-state index in [2.05, 4.69) is 97.6 Å². The predicted molar refractivity (Wildman–Crippen MR) is 95.1 cm³/mol. The van der Waals surface area contributed by atoms with Gasteiger partial charge in [-0.3, -0.25) is 0 Å². The Labute approximate surface area is 133 Å². The molecule has 0 spiro atoms. The summed E-state index contributed by atoms with van der Waals surface area (Å²) in [5.41, 5.74) is 3.95. The summed E-state index contributed by atoms with van der Waals surface area (Å²) in [4.78, 5) is 2.40. The summed E-state index contributed by atoms with van der Waals surface area (Å²) in [7, 11) is 0. The maximum absolute atomic E-state index is 2.40. The van der Waals surface area contributed by atoms with Crippen molar-refractivity contribution in [2.24, 2.45) is 0 Å².